The van der Waals surface area contributed by atoms with Gasteiger partial charge in [-0.3, -0.25) is 4.90 Å². The smallest absolute Gasteiger partial charge is 0.244 e. The molecule has 0 saturated carbocycles. The summed E-state index contributed by atoms with van der Waals surface area (Å²) in [7, 11) is -3.69. The highest BCUT2D eigenvalue weighted by Crippen LogP contribution is 2.20. The number of halogens is 1. The van der Waals surface area contributed by atoms with E-state index in [1.807, 2.05) is 6.92 Å². The Kier molecular flexibility index (Phi) is 5.55. The van der Waals surface area contributed by atoms with Crippen LogP contribution in [0.25, 0.3) is 0 Å². The number of rotatable bonds is 5. The van der Waals surface area contributed by atoms with Crippen LogP contribution >= 0.6 is 15.9 Å². The molecule has 2 heterocycles. The number of ether oxygens (including phenoxy) is 1. The van der Waals surface area contributed by atoms with Gasteiger partial charge in [0.05, 0.1) is 13.2 Å². The summed E-state index contributed by atoms with van der Waals surface area (Å²) >= 11 is 3.20. The fourth-order valence-electron chi connectivity index (χ4n) is 2.18. The summed E-state index contributed by atoms with van der Waals surface area (Å²) in [6, 6.07) is 1.22. The molecule has 1 saturated heterocycles. The number of aromatic nitrogens is 1. The van der Waals surface area contributed by atoms with E-state index in [1.165, 1.54) is 12.3 Å². The third kappa shape index (κ3) is 4.62. The molecule has 0 radical (unpaired) electrons. The van der Waals surface area contributed by atoms with Crippen molar-refractivity contribution >= 4 is 31.8 Å². The number of anilines is 1. The van der Waals surface area contributed by atoms with Crippen molar-refractivity contribution in [2.45, 2.75) is 17.9 Å². The van der Waals surface area contributed by atoms with Gasteiger partial charge in [0.1, 0.15) is 10.7 Å². The maximum Gasteiger partial charge on any atom is 0.244 e. The van der Waals surface area contributed by atoms with Crippen molar-refractivity contribution in [1.29, 1.82) is 0 Å². The molecular formula is C12H19BrN4O3S. The van der Waals surface area contributed by atoms with Crippen LogP contribution in [0.3, 0.4) is 0 Å². The zero-order chi connectivity index (χ0) is 15.5. The number of hydrogen-bond acceptors (Lipinski definition) is 6. The number of pyridine rings is 1. The normalized spacial score (nSPS) is 18.6. The van der Waals surface area contributed by atoms with Crippen LogP contribution in [0.15, 0.2) is 21.6 Å². The van der Waals surface area contributed by atoms with E-state index in [9.17, 15) is 8.42 Å². The van der Waals surface area contributed by atoms with Gasteiger partial charge in [0.2, 0.25) is 10.0 Å². The van der Waals surface area contributed by atoms with Gasteiger partial charge in [0, 0.05) is 36.3 Å². The van der Waals surface area contributed by atoms with Crippen molar-refractivity contribution in [3.05, 3.63) is 16.7 Å². The summed E-state index contributed by atoms with van der Waals surface area (Å²) in [5, 5.41) is 0. The SMILES string of the molecule is CC(CN1CCOCC1)NS(=O)(=O)c1cc(Br)cnc1N. The Bertz CT molecular complexity index is 590. The largest absolute Gasteiger partial charge is 0.383 e. The van der Waals surface area contributed by atoms with E-state index >= 15 is 0 Å². The molecule has 21 heavy (non-hydrogen) atoms. The first-order chi connectivity index (χ1) is 9.88. The molecule has 1 aliphatic rings. The third-order valence-electron chi connectivity index (χ3n) is 3.13. The molecule has 1 fully saturated rings. The van der Waals surface area contributed by atoms with Crippen molar-refractivity contribution < 1.29 is 13.2 Å². The quantitative estimate of drug-likeness (QED) is 0.770. The highest BCUT2D eigenvalue weighted by molar-refractivity contribution is 9.10. The first kappa shape index (κ1) is 16.6. The zero-order valence-electron chi connectivity index (χ0n) is 11.8. The van der Waals surface area contributed by atoms with Gasteiger partial charge in [-0.2, -0.15) is 0 Å². The number of nitrogen functional groups attached to an aromatic ring is 1. The standard InChI is InChI=1S/C12H19BrN4O3S/c1-9(8-17-2-4-20-5-3-17)16-21(18,19)11-6-10(13)7-15-12(11)14/h6-7,9,16H,2-5,8H2,1H3,(H2,14,15). The highest BCUT2D eigenvalue weighted by atomic mass is 79.9. The van der Waals surface area contributed by atoms with Gasteiger partial charge in [-0.15, -0.1) is 0 Å². The molecule has 1 atom stereocenters. The first-order valence-electron chi connectivity index (χ1n) is 6.62. The Morgan fingerprint density at radius 2 is 2.19 bits per heavy atom. The second-order valence-corrected chi connectivity index (χ2v) is 7.57. The lowest BCUT2D eigenvalue weighted by atomic mass is 10.3. The summed E-state index contributed by atoms with van der Waals surface area (Å²) in [5.41, 5.74) is 5.66. The fourth-order valence-corrected chi connectivity index (χ4v) is 4.01. The molecule has 0 aliphatic carbocycles. The number of nitrogens with two attached hydrogens (primary N) is 1. The maximum absolute atomic E-state index is 12.4. The first-order valence-corrected chi connectivity index (χ1v) is 8.89. The second-order valence-electron chi connectivity index (χ2n) is 4.97. The molecule has 1 aliphatic heterocycles. The number of hydrogen-bond donors (Lipinski definition) is 2. The number of nitrogens with zero attached hydrogens (tertiary/aromatic N) is 2. The topological polar surface area (TPSA) is 97.5 Å². The Balaban J connectivity index is 2.04. The van der Waals surface area contributed by atoms with Crippen LogP contribution in [-0.4, -0.2) is 57.2 Å². The summed E-state index contributed by atoms with van der Waals surface area (Å²) in [6.07, 6.45) is 1.46. The van der Waals surface area contributed by atoms with E-state index in [2.05, 4.69) is 30.5 Å². The predicted molar refractivity (Wildman–Crippen MR) is 83.4 cm³/mol. The van der Waals surface area contributed by atoms with E-state index in [1.54, 1.807) is 0 Å². The van der Waals surface area contributed by atoms with Crippen molar-refractivity contribution in [3.8, 4) is 0 Å². The van der Waals surface area contributed by atoms with E-state index < -0.39 is 10.0 Å². The molecule has 7 nitrogen and oxygen atoms in total. The number of sulfonamides is 1. The molecule has 1 unspecified atom stereocenters. The molecule has 2 rings (SSSR count). The number of morpholine rings is 1. The lowest BCUT2D eigenvalue weighted by molar-refractivity contribution is 0.0354. The highest BCUT2D eigenvalue weighted by Gasteiger charge is 2.23. The fraction of sp³-hybridized carbons (Fsp3) is 0.583. The van der Waals surface area contributed by atoms with E-state index in [0.29, 0.717) is 24.2 Å². The number of nitrogens with one attached hydrogen (secondary N) is 1. The molecule has 9 heteroatoms. The van der Waals surface area contributed by atoms with Crippen molar-refractivity contribution in [3.63, 3.8) is 0 Å². The Morgan fingerprint density at radius 1 is 1.52 bits per heavy atom. The summed E-state index contributed by atoms with van der Waals surface area (Å²) in [6.45, 7) is 5.45. The third-order valence-corrected chi connectivity index (χ3v) is 5.18. The second kappa shape index (κ2) is 7.01. The van der Waals surface area contributed by atoms with Gasteiger partial charge in [-0.05, 0) is 28.9 Å². The van der Waals surface area contributed by atoms with Crippen LogP contribution in [0.4, 0.5) is 5.82 Å². The van der Waals surface area contributed by atoms with Crippen molar-refractivity contribution in [2.24, 2.45) is 0 Å². The molecule has 1 aromatic heterocycles. The lowest BCUT2D eigenvalue weighted by Crippen LogP contribution is -2.46. The summed E-state index contributed by atoms with van der Waals surface area (Å²) < 4.78 is 33.2. The minimum atomic E-state index is -3.69. The Labute approximate surface area is 133 Å². The van der Waals surface area contributed by atoms with Crippen molar-refractivity contribution in [1.82, 2.24) is 14.6 Å². The molecule has 1 aromatic rings. The van der Waals surface area contributed by atoms with Gasteiger partial charge < -0.3 is 10.5 Å². The van der Waals surface area contributed by atoms with Gasteiger partial charge in [0.25, 0.3) is 0 Å². The predicted octanol–water partition coefficient (Wildman–Crippen LogP) is 0.425. The van der Waals surface area contributed by atoms with E-state index in [-0.39, 0.29) is 16.8 Å². The minimum absolute atomic E-state index is 0.00861. The summed E-state index contributed by atoms with van der Waals surface area (Å²) in [4.78, 5) is 6.01. The summed E-state index contributed by atoms with van der Waals surface area (Å²) in [5.74, 6) is -0.00993. The molecule has 0 bridgehead atoms. The molecule has 3 N–H and O–H groups in total. The van der Waals surface area contributed by atoms with E-state index in [0.717, 1.165) is 13.1 Å². The maximum atomic E-state index is 12.4. The van der Waals surface area contributed by atoms with Crippen molar-refractivity contribution in [2.75, 3.05) is 38.6 Å². The van der Waals surface area contributed by atoms with Crippen LogP contribution in [0.5, 0.6) is 0 Å². The van der Waals surface area contributed by atoms with Crippen LogP contribution in [0.1, 0.15) is 6.92 Å². The Morgan fingerprint density at radius 3 is 2.86 bits per heavy atom. The Hall–Kier alpha value is -0.740. The molecular weight excluding hydrogens is 360 g/mol. The van der Waals surface area contributed by atoms with Crippen LogP contribution < -0.4 is 10.5 Å². The van der Waals surface area contributed by atoms with Gasteiger partial charge in [-0.25, -0.2) is 18.1 Å². The molecule has 118 valence electrons. The molecule has 0 spiro atoms. The van der Waals surface area contributed by atoms with Gasteiger partial charge in [0.15, 0.2) is 0 Å². The monoisotopic (exact) mass is 378 g/mol. The minimum Gasteiger partial charge on any atom is -0.383 e. The lowest BCUT2D eigenvalue weighted by Gasteiger charge is -2.29. The zero-order valence-corrected chi connectivity index (χ0v) is 14.2. The van der Waals surface area contributed by atoms with Crippen LogP contribution in [-0.2, 0) is 14.8 Å². The van der Waals surface area contributed by atoms with Crippen LogP contribution in [0.2, 0.25) is 0 Å². The molecule has 0 amide bonds. The van der Waals surface area contributed by atoms with Gasteiger partial charge in [-0.1, -0.05) is 0 Å². The van der Waals surface area contributed by atoms with E-state index in [4.69, 9.17) is 10.5 Å². The molecule has 0 aromatic carbocycles. The van der Waals surface area contributed by atoms with Gasteiger partial charge >= 0.3 is 0 Å². The average molecular weight is 379 g/mol. The van der Waals surface area contributed by atoms with Crippen LogP contribution in [0, 0.1) is 0 Å². The average Bonchev–Trinajstić information content (AvgIpc) is 2.41.